The van der Waals surface area contributed by atoms with Crippen molar-refractivity contribution in [3.05, 3.63) is 34.6 Å². The Bertz CT molecular complexity index is 330. The summed E-state index contributed by atoms with van der Waals surface area (Å²) in [6.07, 6.45) is 0.776. The number of nitrogens with two attached hydrogens (primary N) is 2. The molecule has 0 bridgehead atoms. The fourth-order valence-corrected chi connectivity index (χ4v) is 1.60. The van der Waals surface area contributed by atoms with Gasteiger partial charge in [0.05, 0.1) is 5.02 Å². The Morgan fingerprint density at radius 1 is 1.47 bits per heavy atom. The Balaban J connectivity index is 2.73. The molecule has 2 nitrogen and oxygen atoms in total. The first kappa shape index (κ1) is 12.4. The van der Waals surface area contributed by atoms with Crippen LogP contribution >= 0.6 is 11.6 Å². The van der Waals surface area contributed by atoms with E-state index >= 15 is 0 Å². The van der Waals surface area contributed by atoms with Crippen LogP contribution in [0.15, 0.2) is 18.2 Å². The van der Waals surface area contributed by atoms with Gasteiger partial charge in [-0.1, -0.05) is 24.6 Å². The van der Waals surface area contributed by atoms with Crippen LogP contribution in [0.2, 0.25) is 5.02 Å². The molecule has 2 unspecified atom stereocenters. The fourth-order valence-electron chi connectivity index (χ4n) is 1.41. The normalized spacial score (nSPS) is 15.0. The minimum absolute atomic E-state index is 0.114. The molecule has 0 saturated heterocycles. The van der Waals surface area contributed by atoms with Crippen LogP contribution in [0.5, 0.6) is 0 Å². The average molecular weight is 231 g/mol. The van der Waals surface area contributed by atoms with Gasteiger partial charge in [-0.15, -0.1) is 0 Å². The van der Waals surface area contributed by atoms with Gasteiger partial charge in [-0.05, 0) is 36.6 Å². The van der Waals surface area contributed by atoms with Gasteiger partial charge in [0, 0.05) is 6.04 Å². The van der Waals surface area contributed by atoms with E-state index in [4.69, 9.17) is 23.1 Å². The summed E-state index contributed by atoms with van der Waals surface area (Å²) in [5.41, 5.74) is 12.3. The minimum atomic E-state index is -0.417. The molecule has 4 N–H and O–H groups in total. The van der Waals surface area contributed by atoms with Crippen molar-refractivity contribution in [1.82, 2.24) is 0 Å². The summed E-state index contributed by atoms with van der Waals surface area (Å²) in [7, 11) is 0. The zero-order valence-corrected chi connectivity index (χ0v) is 9.47. The van der Waals surface area contributed by atoms with E-state index in [9.17, 15) is 4.39 Å². The quantitative estimate of drug-likeness (QED) is 0.835. The lowest BCUT2D eigenvalue weighted by atomic mass is 9.97. The monoisotopic (exact) mass is 230 g/mol. The Kier molecular flexibility index (Phi) is 4.51. The predicted octanol–water partition coefficient (Wildman–Crippen LogP) is 2.46. The summed E-state index contributed by atoms with van der Waals surface area (Å²) in [4.78, 5) is 0. The van der Waals surface area contributed by atoms with Crippen molar-refractivity contribution in [2.24, 2.45) is 17.4 Å². The Morgan fingerprint density at radius 3 is 2.67 bits per heavy atom. The van der Waals surface area contributed by atoms with Crippen molar-refractivity contribution in [3.8, 4) is 0 Å². The molecule has 4 heteroatoms. The van der Waals surface area contributed by atoms with Crippen LogP contribution in [0.25, 0.3) is 0 Å². The van der Waals surface area contributed by atoms with E-state index in [0.717, 1.165) is 12.0 Å². The highest BCUT2D eigenvalue weighted by molar-refractivity contribution is 6.30. The molecule has 0 spiro atoms. The van der Waals surface area contributed by atoms with Crippen LogP contribution < -0.4 is 11.5 Å². The summed E-state index contributed by atoms with van der Waals surface area (Å²) >= 11 is 5.67. The summed E-state index contributed by atoms with van der Waals surface area (Å²) in [6, 6.07) is 4.44. The second kappa shape index (κ2) is 5.45. The lowest BCUT2D eigenvalue weighted by molar-refractivity contribution is 0.482. The van der Waals surface area contributed by atoms with Gasteiger partial charge in [0.15, 0.2) is 0 Å². The lowest BCUT2D eigenvalue weighted by Gasteiger charge is -2.16. The van der Waals surface area contributed by atoms with Crippen LogP contribution in [-0.2, 0) is 0 Å². The summed E-state index contributed by atoms with van der Waals surface area (Å²) in [5.74, 6) is -0.0664. The van der Waals surface area contributed by atoms with Crippen LogP contribution in [0.1, 0.15) is 24.9 Å². The molecule has 0 aliphatic carbocycles. The van der Waals surface area contributed by atoms with Crippen molar-refractivity contribution in [1.29, 1.82) is 0 Å². The van der Waals surface area contributed by atoms with Crippen LogP contribution in [-0.4, -0.2) is 6.54 Å². The van der Waals surface area contributed by atoms with Gasteiger partial charge >= 0.3 is 0 Å². The van der Waals surface area contributed by atoms with Crippen molar-refractivity contribution in [2.75, 3.05) is 6.54 Å². The topological polar surface area (TPSA) is 52.0 Å². The number of hydrogen-bond donors (Lipinski definition) is 2. The number of hydrogen-bond acceptors (Lipinski definition) is 2. The zero-order valence-electron chi connectivity index (χ0n) is 8.71. The van der Waals surface area contributed by atoms with E-state index in [1.54, 1.807) is 12.1 Å². The van der Waals surface area contributed by atoms with Crippen molar-refractivity contribution in [3.63, 3.8) is 0 Å². The molecule has 0 saturated carbocycles. The molecule has 0 amide bonds. The van der Waals surface area contributed by atoms with Crippen LogP contribution in [0, 0.1) is 11.7 Å². The molecule has 0 aromatic heterocycles. The molecule has 1 aromatic carbocycles. The van der Waals surface area contributed by atoms with Gasteiger partial charge in [0.25, 0.3) is 0 Å². The van der Waals surface area contributed by atoms with Gasteiger partial charge in [-0.25, -0.2) is 4.39 Å². The standard InChI is InChI=1S/C11H16ClFN2/c1-7(6-14)4-11(15)8-2-3-10(13)9(12)5-8/h2-3,5,7,11H,4,6,14-15H2,1H3. The van der Waals surface area contributed by atoms with Gasteiger partial charge in [0.2, 0.25) is 0 Å². The molecule has 0 aliphatic rings. The molecule has 1 rings (SSSR count). The number of benzene rings is 1. The van der Waals surface area contributed by atoms with E-state index in [1.165, 1.54) is 6.07 Å². The van der Waals surface area contributed by atoms with Gasteiger partial charge in [-0.3, -0.25) is 0 Å². The van der Waals surface area contributed by atoms with Gasteiger partial charge in [0.1, 0.15) is 5.82 Å². The van der Waals surface area contributed by atoms with Gasteiger partial charge in [-0.2, -0.15) is 0 Å². The minimum Gasteiger partial charge on any atom is -0.330 e. The van der Waals surface area contributed by atoms with E-state index in [1.807, 2.05) is 6.92 Å². The van der Waals surface area contributed by atoms with E-state index < -0.39 is 5.82 Å². The molecule has 0 aliphatic heterocycles. The predicted molar refractivity (Wildman–Crippen MR) is 61.2 cm³/mol. The molecular weight excluding hydrogens is 215 g/mol. The van der Waals surface area contributed by atoms with Crippen LogP contribution in [0.3, 0.4) is 0 Å². The van der Waals surface area contributed by atoms with Crippen LogP contribution in [0.4, 0.5) is 4.39 Å². The average Bonchev–Trinajstić information content (AvgIpc) is 2.21. The first-order chi connectivity index (χ1) is 7.04. The maximum Gasteiger partial charge on any atom is 0.141 e. The van der Waals surface area contributed by atoms with E-state index in [0.29, 0.717) is 12.5 Å². The molecule has 84 valence electrons. The summed E-state index contributed by atoms with van der Waals surface area (Å²) < 4.78 is 12.9. The Morgan fingerprint density at radius 2 is 2.13 bits per heavy atom. The molecule has 15 heavy (non-hydrogen) atoms. The highest BCUT2D eigenvalue weighted by Crippen LogP contribution is 2.23. The maximum absolute atomic E-state index is 12.9. The molecular formula is C11H16ClFN2. The summed E-state index contributed by atoms with van der Waals surface area (Å²) in [6.45, 7) is 2.63. The first-order valence-corrected chi connectivity index (χ1v) is 5.33. The van der Waals surface area contributed by atoms with Crippen molar-refractivity contribution >= 4 is 11.6 Å². The zero-order chi connectivity index (χ0) is 11.4. The lowest BCUT2D eigenvalue weighted by Crippen LogP contribution is -2.19. The first-order valence-electron chi connectivity index (χ1n) is 4.95. The van der Waals surface area contributed by atoms with Crippen molar-refractivity contribution < 1.29 is 4.39 Å². The second-order valence-electron chi connectivity index (χ2n) is 3.86. The second-order valence-corrected chi connectivity index (χ2v) is 4.26. The smallest absolute Gasteiger partial charge is 0.141 e. The molecule has 1 aromatic rings. The fraction of sp³-hybridized carbons (Fsp3) is 0.455. The third-order valence-electron chi connectivity index (χ3n) is 2.43. The molecule has 0 fully saturated rings. The van der Waals surface area contributed by atoms with E-state index in [-0.39, 0.29) is 11.1 Å². The van der Waals surface area contributed by atoms with Crippen molar-refractivity contribution in [2.45, 2.75) is 19.4 Å². The highest BCUT2D eigenvalue weighted by Gasteiger charge is 2.11. The molecule has 0 radical (unpaired) electrons. The Hall–Kier alpha value is -0.640. The SMILES string of the molecule is CC(CN)CC(N)c1ccc(F)c(Cl)c1. The number of rotatable bonds is 4. The molecule has 0 heterocycles. The maximum atomic E-state index is 12.9. The highest BCUT2D eigenvalue weighted by atomic mass is 35.5. The van der Waals surface area contributed by atoms with E-state index in [2.05, 4.69) is 0 Å². The van der Waals surface area contributed by atoms with Gasteiger partial charge < -0.3 is 11.5 Å². The summed E-state index contributed by atoms with van der Waals surface area (Å²) in [5, 5.41) is 0.114. The third kappa shape index (κ3) is 3.45. The Labute approximate surface area is 94.4 Å². The molecule has 2 atom stereocenters. The number of halogens is 2. The third-order valence-corrected chi connectivity index (χ3v) is 2.72. The largest absolute Gasteiger partial charge is 0.330 e.